The summed E-state index contributed by atoms with van der Waals surface area (Å²) in [6.45, 7) is 3.57. The molecule has 0 saturated heterocycles. The molecule has 1 atom stereocenters. The fraction of sp³-hybridized carbons (Fsp3) is 0.350. The standard InChI is InChI=1S/C20H26N2O4S/c1-3-4-5-16-6-10-18(11-7-16)22-20(24)17-8-12-19(13-9-17)27(25,26)21-14-15(2)23/h6-13,15,21,23H,3-5,14H2,1-2H3,(H,22,24). The van der Waals surface area contributed by atoms with E-state index < -0.39 is 16.1 Å². The highest BCUT2D eigenvalue weighted by atomic mass is 32.2. The lowest BCUT2D eigenvalue weighted by Gasteiger charge is -2.10. The van der Waals surface area contributed by atoms with E-state index in [-0.39, 0.29) is 17.3 Å². The Morgan fingerprint density at radius 3 is 2.26 bits per heavy atom. The van der Waals surface area contributed by atoms with Crippen LogP contribution in [0.5, 0.6) is 0 Å². The van der Waals surface area contributed by atoms with Gasteiger partial charge < -0.3 is 10.4 Å². The van der Waals surface area contributed by atoms with Crippen molar-refractivity contribution in [3.63, 3.8) is 0 Å². The third kappa shape index (κ3) is 6.46. The molecular formula is C20H26N2O4S. The van der Waals surface area contributed by atoms with Crippen LogP contribution in [0.3, 0.4) is 0 Å². The van der Waals surface area contributed by atoms with Crippen LogP contribution < -0.4 is 10.0 Å². The first kappa shape index (κ1) is 21.1. The van der Waals surface area contributed by atoms with E-state index in [1.54, 1.807) is 0 Å². The van der Waals surface area contributed by atoms with Crippen molar-refractivity contribution in [2.24, 2.45) is 0 Å². The Hall–Kier alpha value is -2.22. The monoisotopic (exact) mass is 390 g/mol. The molecular weight excluding hydrogens is 364 g/mol. The van der Waals surface area contributed by atoms with E-state index in [1.807, 2.05) is 24.3 Å². The number of sulfonamides is 1. The lowest BCUT2D eigenvalue weighted by molar-refractivity contribution is 0.102. The largest absolute Gasteiger partial charge is 0.392 e. The molecule has 27 heavy (non-hydrogen) atoms. The number of aryl methyl sites for hydroxylation is 1. The number of amides is 1. The van der Waals surface area contributed by atoms with Gasteiger partial charge in [-0.15, -0.1) is 0 Å². The van der Waals surface area contributed by atoms with E-state index in [4.69, 9.17) is 0 Å². The summed E-state index contributed by atoms with van der Waals surface area (Å²) in [6.07, 6.45) is 2.51. The first-order chi connectivity index (χ1) is 12.8. The number of aliphatic hydroxyl groups is 1. The Labute approximate surface area is 160 Å². The SMILES string of the molecule is CCCCc1ccc(NC(=O)c2ccc(S(=O)(=O)NCC(C)O)cc2)cc1. The maximum atomic E-state index is 12.3. The van der Waals surface area contributed by atoms with Crippen molar-refractivity contribution in [1.29, 1.82) is 0 Å². The van der Waals surface area contributed by atoms with Crippen molar-refractivity contribution in [3.05, 3.63) is 59.7 Å². The van der Waals surface area contributed by atoms with E-state index in [0.29, 0.717) is 11.3 Å². The van der Waals surface area contributed by atoms with Gasteiger partial charge in [0, 0.05) is 17.8 Å². The minimum absolute atomic E-state index is 0.0416. The lowest BCUT2D eigenvalue weighted by Crippen LogP contribution is -2.30. The summed E-state index contributed by atoms with van der Waals surface area (Å²) in [7, 11) is -3.71. The summed E-state index contributed by atoms with van der Waals surface area (Å²) >= 11 is 0. The lowest BCUT2D eigenvalue weighted by atomic mass is 10.1. The molecule has 0 aromatic heterocycles. The molecule has 2 aromatic carbocycles. The van der Waals surface area contributed by atoms with Crippen molar-refractivity contribution < 1.29 is 18.3 Å². The van der Waals surface area contributed by atoms with Gasteiger partial charge in [0.1, 0.15) is 0 Å². The van der Waals surface area contributed by atoms with Crippen molar-refractivity contribution in [2.75, 3.05) is 11.9 Å². The van der Waals surface area contributed by atoms with Crippen molar-refractivity contribution >= 4 is 21.6 Å². The number of hydrogen-bond acceptors (Lipinski definition) is 4. The second-order valence-corrected chi connectivity index (χ2v) is 8.25. The molecule has 6 nitrogen and oxygen atoms in total. The number of rotatable bonds is 9. The molecule has 146 valence electrons. The number of benzene rings is 2. The van der Waals surface area contributed by atoms with Gasteiger partial charge in [0.15, 0.2) is 0 Å². The minimum atomic E-state index is -3.71. The normalized spacial score (nSPS) is 12.6. The summed E-state index contributed by atoms with van der Waals surface area (Å²) < 4.78 is 26.5. The Balaban J connectivity index is 2.01. The van der Waals surface area contributed by atoms with E-state index in [9.17, 15) is 18.3 Å². The van der Waals surface area contributed by atoms with Crippen molar-refractivity contribution in [1.82, 2.24) is 4.72 Å². The molecule has 1 amide bonds. The van der Waals surface area contributed by atoms with Crippen LogP contribution in [0.2, 0.25) is 0 Å². The molecule has 0 radical (unpaired) electrons. The number of aliphatic hydroxyl groups excluding tert-OH is 1. The van der Waals surface area contributed by atoms with Crippen LogP contribution in [-0.2, 0) is 16.4 Å². The Morgan fingerprint density at radius 2 is 1.70 bits per heavy atom. The Bertz CT molecular complexity index is 845. The second kappa shape index (κ2) is 9.64. The van der Waals surface area contributed by atoms with Gasteiger partial charge in [0.2, 0.25) is 10.0 Å². The smallest absolute Gasteiger partial charge is 0.255 e. The molecule has 0 saturated carbocycles. The van der Waals surface area contributed by atoms with Crippen LogP contribution in [0, 0.1) is 0 Å². The predicted molar refractivity (Wildman–Crippen MR) is 106 cm³/mol. The highest BCUT2D eigenvalue weighted by Gasteiger charge is 2.15. The van der Waals surface area contributed by atoms with Gasteiger partial charge in [-0.1, -0.05) is 25.5 Å². The zero-order valence-corrected chi connectivity index (χ0v) is 16.4. The van der Waals surface area contributed by atoms with Gasteiger partial charge in [0.25, 0.3) is 5.91 Å². The van der Waals surface area contributed by atoms with E-state index in [2.05, 4.69) is 17.0 Å². The molecule has 2 aromatic rings. The number of unbranched alkanes of at least 4 members (excludes halogenated alkanes) is 1. The van der Waals surface area contributed by atoms with E-state index >= 15 is 0 Å². The number of carbonyl (C=O) groups excluding carboxylic acids is 1. The van der Waals surface area contributed by atoms with Crippen LogP contribution >= 0.6 is 0 Å². The van der Waals surface area contributed by atoms with Crippen LogP contribution in [0.15, 0.2) is 53.4 Å². The van der Waals surface area contributed by atoms with Gasteiger partial charge >= 0.3 is 0 Å². The third-order valence-electron chi connectivity index (χ3n) is 4.03. The van der Waals surface area contributed by atoms with Crippen molar-refractivity contribution in [3.8, 4) is 0 Å². The molecule has 0 aliphatic rings. The molecule has 0 fully saturated rings. The number of nitrogens with one attached hydrogen (secondary N) is 2. The van der Waals surface area contributed by atoms with Crippen LogP contribution in [0.25, 0.3) is 0 Å². The molecule has 2 rings (SSSR count). The molecule has 0 heterocycles. The number of carbonyl (C=O) groups is 1. The summed E-state index contributed by atoms with van der Waals surface area (Å²) in [5.74, 6) is -0.308. The second-order valence-electron chi connectivity index (χ2n) is 6.48. The zero-order valence-electron chi connectivity index (χ0n) is 15.6. The first-order valence-corrected chi connectivity index (χ1v) is 10.5. The van der Waals surface area contributed by atoms with Gasteiger partial charge in [0.05, 0.1) is 11.0 Å². The average Bonchev–Trinajstić information content (AvgIpc) is 2.66. The van der Waals surface area contributed by atoms with Gasteiger partial charge in [-0.05, 0) is 61.7 Å². The third-order valence-corrected chi connectivity index (χ3v) is 5.47. The molecule has 0 aliphatic heterocycles. The quantitative estimate of drug-likeness (QED) is 0.613. The molecule has 1 unspecified atom stereocenters. The summed E-state index contributed by atoms with van der Waals surface area (Å²) in [5, 5.41) is 12.0. The summed E-state index contributed by atoms with van der Waals surface area (Å²) in [4.78, 5) is 12.4. The highest BCUT2D eigenvalue weighted by Crippen LogP contribution is 2.15. The number of hydrogen-bond donors (Lipinski definition) is 3. The Kier molecular flexibility index (Phi) is 7.53. The zero-order chi connectivity index (χ0) is 19.9. The van der Waals surface area contributed by atoms with Gasteiger partial charge in [-0.2, -0.15) is 0 Å². The van der Waals surface area contributed by atoms with E-state index in [0.717, 1.165) is 19.3 Å². The Morgan fingerprint density at radius 1 is 1.07 bits per heavy atom. The minimum Gasteiger partial charge on any atom is -0.392 e. The maximum absolute atomic E-state index is 12.3. The number of anilines is 1. The molecule has 7 heteroatoms. The summed E-state index contributed by atoms with van der Waals surface area (Å²) in [5.41, 5.74) is 2.28. The van der Waals surface area contributed by atoms with E-state index in [1.165, 1.54) is 36.8 Å². The summed E-state index contributed by atoms with van der Waals surface area (Å²) in [6, 6.07) is 13.4. The average molecular weight is 391 g/mol. The fourth-order valence-electron chi connectivity index (χ4n) is 2.44. The van der Waals surface area contributed by atoms with Crippen LogP contribution in [-0.4, -0.2) is 32.1 Å². The molecule has 3 N–H and O–H groups in total. The van der Waals surface area contributed by atoms with Crippen molar-refractivity contribution in [2.45, 2.75) is 44.1 Å². The van der Waals surface area contributed by atoms with Gasteiger partial charge in [-0.3, -0.25) is 4.79 Å². The highest BCUT2D eigenvalue weighted by molar-refractivity contribution is 7.89. The first-order valence-electron chi connectivity index (χ1n) is 9.00. The van der Waals surface area contributed by atoms with Crippen LogP contribution in [0.1, 0.15) is 42.6 Å². The van der Waals surface area contributed by atoms with Gasteiger partial charge in [-0.25, -0.2) is 13.1 Å². The molecule has 0 bridgehead atoms. The topological polar surface area (TPSA) is 95.5 Å². The van der Waals surface area contributed by atoms with Crippen LogP contribution in [0.4, 0.5) is 5.69 Å². The maximum Gasteiger partial charge on any atom is 0.255 e. The predicted octanol–water partition coefficient (Wildman–Crippen LogP) is 2.94. The molecule has 0 spiro atoms. The molecule has 0 aliphatic carbocycles. The fourth-order valence-corrected chi connectivity index (χ4v) is 3.56.